The summed E-state index contributed by atoms with van der Waals surface area (Å²) in [7, 11) is 0. The molecule has 7 heteroatoms. The maximum atomic E-state index is 12.3. The number of likely N-dealkylation sites (tertiary alicyclic amines) is 1. The average molecular weight is 346 g/mol. The molecule has 24 heavy (non-hydrogen) atoms. The minimum absolute atomic E-state index is 0.378. The Bertz CT molecular complexity index is 753. The van der Waals surface area contributed by atoms with Crippen LogP contribution >= 0.6 is 11.3 Å². The number of benzene rings is 1. The summed E-state index contributed by atoms with van der Waals surface area (Å²) in [5, 5.41) is 0.964. The fourth-order valence-corrected chi connectivity index (χ4v) is 3.85. The van der Waals surface area contributed by atoms with Gasteiger partial charge in [-0.2, -0.15) is 0 Å². The minimum Gasteiger partial charge on any atom is -0.451 e. The molecule has 0 unspecified atom stereocenters. The number of esters is 1. The topological polar surface area (TPSA) is 89.7 Å². The molecule has 126 valence electrons. The van der Waals surface area contributed by atoms with Crippen LogP contribution in [0.25, 0.3) is 10.1 Å². The first kappa shape index (κ1) is 16.4. The van der Waals surface area contributed by atoms with Gasteiger partial charge in [0.2, 0.25) is 5.91 Å². The fraction of sp³-hybridized carbons (Fsp3) is 0.353. The third-order valence-corrected chi connectivity index (χ3v) is 5.20. The minimum atomic E-state index is -0.603. The van der Waals surface area contributed by atoms with Gasteiger partial charge >= 0.3 is 5.97 Å². The molecule has 0 bridgehead atoms. The molecule has 1 aromatic heterocycles. The maximum Gasteiger partial charge on any atom is 0.348 e. The molecule has 0 radical (unpaired) electrons. The van der Waals surface area contributed by atoms with Crippen molar-refractivity contribution in [2.45, 2.75) is 25.3 Å². The van der Waals surface area contributed by atoms with E-state index in [2.05, 4.69) is 0 Å². The molecule has 2 amide bonds. The molecule has 0 saturated carbocycles. The van der Waals surface area contributed by atoms with Crippen LogP contribution in [0.2, 0.25) is 0 Å². The molecular weight excluding hydrogens is 328 g/mol. The lowest BCUT2D eigenvalue weighted by molar-refractivity contribution is -0.143. The molecule has 0 spiro atoms. The fourth-order valence-electron chi connectivity index (χ4n) is 2.89. The van der Waals surface area contributed by atoms with E-state index in [1.54, 1.807) is 6.07 Å². The van der Waals surface area contributed by atoms with E-state index in [0.717, 1.165) is 22.9 Å². The van der Waals surface area contributed by atoms with Crippen LogP contribution in [0.15, 0.2) is 30.3 Å². The van der Waals surface area contributed by atoms with Crippen molar-refractivity contribution < 1.29 is 19.1 Å². The molecule has 2 heterocycles. The smallest absolute Gasteiger partial charge is 0.348 e. The zero-order chi connectivity index (χ0) is 17.1. The van der Waals surface area contributed by atoms with Crippen LogP contribution in [0.5, 0.6) is 0 Å². The number of piperidine rings is 1. The Labute approximate surface area is 143 Å². The number of primary amides is 1. The summed E-state index contributed by atoms with van der Waals surface area (Å²) in [5.41, 5.74) is 5.35. The van der Waals surface area contributed by atoms with E-state index < -0.39 is 17.9 Å². The predicted molar refractivity (Wildman–Crippen MR) is 90.7 cm³/mol. The molecule has 2 N–H and O–H groups in total. The molecular formula is C17H18N2O4S. The van der Waals surface area contributed by atoms with E-state index in [1.807, 2.05) is 24.3 Å². The number of amides is 2. The van der Waals surface area contributed by atoms with Gasteiger partial charge in [-0.1, -0.05) is 18.2 Å². The van der Waals surface area contributed by atoms with Gasteiger partial charge < -0.3 is 15.4 Å². The van der Waals surface area contributed by atoms with Crippen LogP contribution in [0.3, 0.4) is 0 Å². The first-order chi connectivity index (χ1) is 11.6. The largest absolute Gasteiger partial charge is 0.451 e. The van der Waals surface area contributed by atoms with Gasteiger partial charge in [0, 0.05) is 11.2 Å². The van der Waals surface area contributed by atoms with Gasteiger partial charge in [-0.05, 0) is 36.8 Å². The number of rotatable bonds is 4. The number of nitrogens with two attached hydrogens (primary N) is 1. The third kappa shape index (κ3) is 3.41. The summed E-state index contributed by atoms with van der Waals surface area (Å²) in [5.74, 6) is -1.43. The van der Waals surface area contributed by atoms with Gasteiger partial charge in [-0.25, -0.2) is 4.79 Å². The zero-order valence-corrected chi connectivity index (χ0v) is 13.9. The van der Waals surface area contributed by atoms with Gasteiger partial charge in [0.15, 0.2) is 6.61 Å². The van der Waals surface area contributed by atoms with Crippen LogP contribution in [-0.2, 0) is 14.3 Å². The van der Waals surface area contributed by atoms with E-state index in [4.69, 9.17) is 10.5 Å². The molecule has 1 atom stereocenters. The van der Waals surface area contributed by atoms with E-state index >= 15 is 0 Å². The van der Waals surface area contributed by atoms with Crippen molar-refractivity contribution >= 4 is 39.2 Å². The van der Waals surface area contributed by atoms with Crippen molar-refractivity contribution in [2.24, 2.45) is 5.73 Å². The van der Waals surface area contributed by atoms with Crippen molar-refractivity contribution in [3.05, 3.63) is 35.2 Å². The number of thiophene rings is 1. The van der Waals surface area contributed by atoms with Crippen LogP contribution in [0.1, 0.15) is 28.9 Å². The Balaban J connectivity index is 1.62. The van der Waals surface area contributed by atoms with Crippen LogP contribution in [0, 0.1) is 0 Å². The van der Waals surface area contributed by atoms with Gasteiger partial charge in [0.05, 0.1) is 0 Å². The summed E-state index contributed by atoms with van der Waals surface area (Å²) in [4.78, 5) is 37.7. The number of carbonyl (C=O) groups excluding carboxylic acids is 3. The third-order valence-electron chi connectivity index (χ3n) is 4.11. The summed E-state index contributed by atoms with van der Waals surface area (Å²) in [6.45, 7) is 0.0870. The highest BCUT2D eigenvalue weighted by molar-refractivity contribution is 7.20. The summed E-state index contributed by atoms with van der Waals surface area (Å²) in [6, 6.07) is 8.78. The Morgan fingerprint density at radius 3 is 2.79 bits per heavy atom. The van der Waals surface area contributed by atoms with E-state index in [0.29, 0.717) is 17.8 Å². The second-order valence-electron chi connectivity index (χ2n) is 5.73. The zero-order valence-electron chi connectivity index (χ0n) is 13.1. The highest BCUT2D eigenvalue weighted by Gasteiger charge is 2.31. The van der Waals surface area contributed by atoms with Gasteiger partial charge in [-0.3, -0.25) is 9.59 Å². The van der Waals surface area contributed by atoms with Crippen molar-refractivity contribution in [1.82, 2.24) is 4.90 Å². The van der Waals surface area contributed by atoms with Gasteiger partial charge in [0.25, 0.3) is 5.91 Å². The monoisotopic (exact) mass is 346 g/mol. The molecule has 1 aliphatic heterocycles. The summed E-state index contributed by atoms with van der Waals surface area (Å²) >= 11 is 1.32. The lowest BCUT2D eigenvalue weighted by Gasteiger charge is -2.33. The quantitative estimate of drug-likeness (QED) is 0.857. The molecule has 0 aliphatic carbocycles. The molecule has 6 nitrogen and oxygen atoms in total. The number of carbonyl (C=O) groups is 3. The highest BCUT2D eigenvalue weighted by atomic mass is 32.1. The summed E-state index contributed by atoms with van der Waals surface area (Å²) in [6.07, 6.45) is 2.24. The molecule has 1 fully saturated rings. The van der Waals surface area contributed by atoms with E-state index in [1.165, 1.54) is 16.2 Å². The lowest BCUT2D eigenvalue weighted by Crippen LogP contribution is -2.51. The second-order valence-corrected chi connectivity index (χ2v) is 6.81. The number of ether oxygens (including phenoxy) is 1. The Morgan fingerprint density at radius 2 is 2.04 bits per heavy atom. The number of hydrogen-bond donors (Lipinski definition) is 1. The lowest BCUT2D eigenvalue weighted by atomic mass is 10.0. The van der Waals surface area contributed by atoms with E-state index in [-0.39, 0.29) is 12.5 Å². The predicted octanol–water partition coefficient (Wildman–Crippen LogP) is 1.92. The van der Waals surface area contributed by atoms with Crippen LogP contribution in [-0.4, -0.2) is 41.9 Å². The van der Waals surface area contributed by atoms with Crippen molar-refractivity contribution in [1.29, 1.82) is 0 Å². The molecule has 1 aromatic carbocycles. The first-order valence-corrected chi connectivity index (χ1v) is 8.62. The normalized spacial score (nSPS) is 17.7. The van der Waals surface area contributed by atoms with Crippen molar-refractivity contribution in [3.63, 3.8) is 0 Å². The standard InChI is InChI=1S/C17H18N2O4S/c18-16(21)12-6-3-4-8-19(12)15(20)10-23-17(22)14-9-11-5-1-2-7-13(11)24-14/h1-2,5,7,9,12H,3-4,6,8,10H2,(H2,18,21)/t12-/m0/s1. The Kier molecular flexibility index (Phi) is 4.80. The number of nitrogens with zero attached hydrogens (tertiary/aromatic N) is 1. The maximum absolute atomic E-state index is 12.3. The van der Waals surface area contributed by atoms with Crippen LogP contribution in [0.4, 0.5) is 0 Å². The first-order valence-electron chi connectivity index (χ1n) is 7.81. The van der Waals surface area contributed by atoms with Crippen molar-refractivity contribution in [3.8, 4) is 0 Å². The SMILES string of the molecule is NC(=O)[C@@H]1CCCCN1C(=O)COC(=O)c1cc2ccccc2s1. The average Bonchev–Trinajstić information content (AvgIpc) is 3.03. The van der Waals surface area contributed by atoms with Crippen molar-refractivity contribution in [2.75, 3.05) is 13.2 Å². The van der Waals surface area contributed by atoms with Gasteiger partial charge in [0.1, 0.15) is 10.9 Å². The Morgan fingerprint density at radius 1 is 1.25 bits per heavy atom. The Hall–Kier alpha value is -2.41. The molecule has 1 aliphatic rings. The molecule has 1 saturated heterocycles. The highest BCUT2D eigenvalue weighted by Crippen LogP contribution is 2.26. The summed E-state index contributed by atoms with van der Waals surface area (Å²) < 4.78 is 6.12. The molecule has 2 aromatic rings. The number of fused-ring (bicyclic) bond motifs is 1. The van der Waals surface area contributed by atoms with E-state index in [9.17, 15) is 14.4 Å². The second kappa shape index (κ2) is 7.00. The molecule has 3 rings (SSSR count). The van der Waals surface area contributed by atoms with Crippen LogP contribution < -0.4 is 5.73 Å². The number of hydrogen-bond acceptors (Lipinski definition) is 5. The van der Waals surface area contributed by atoms with Gasteiger partial charge in [-0.15, -0.1) is 11.3 Å².